The third-order valence-corrected chi connectivity index (χ3v) is 2.65. The van der Waals surface area contributed by atoms with E-state index >= 15 is 0 Å². The summed E-state index contributed by atoms with van der Waals surface area (Å²) >= 11 is 0. The summed E-state index contributed by atoms with van der Waals surface area (Å²) in [5.74, 6) is 0.508. The van der Waals surface area contributed by atoms with Crippen LogP contribution in [0.2, 0.25) is 0 Å². The average molecular weight is 277 g/mol. The van der Waals surface area contributed by atoms with Gasteiger partial charge in [0.05, 0.1) is 35.1 Å². The number of hydrogen-bond acceptors (Lipinski definition) is 5. The van der Waals surface area contributed by atoms with Gasteiger partial charge in [-0.15, -0.1) is 0 Å². The highest BCUT2D eigenvalue weighted by molar-refractivity contribution is 5.84. The zero-order valence-electron chi connectivity index (χ0n) is 11.9. The molecule has 0 radical (unpaired) electrons. The number of fused-ring (bicyclic) bond motifs is 1. The lowest BCUT2D eigenvalue weighted by Gasteiger charge is -2.19. The molecule has 1 aromatic heterocycles. The van der Waals surface area contributed by atoms with E-state index < -0.39 is 0 Å². The Hall–Kier alpha value is -2.08. The van der Waals surface area contributed by atoms with Crippen LogP contribution >= 0.6 is 0 Å². The van der Waals surface area contributed by atoms with Crippen LogP contribution in [0.5, 0.6) is 5.75 Å². The number of hydrogen-bond donors (Lipinski definition) is 2. The Morgan fingerprint density at radius 3 is 2.75 bits per heavy atom. The summed E-state index contributed by atoms with van der Waals surface area (Å²) in [6.45, 7) is 6.79. The third kappa shape index (κ3) is 3.48. The van der Waals surface area contributed by atoms with Gasteiger partial charge in [0.1, 0.15) is 12.4 Å². The molecule has 0 bridgehead atoms. The number of anilines is 1. The molecule has 1 heterocycles. The third-order valence-electron chi connectivity index (χ3n) is 2.65. The predicted octanol–water partition coefficient (Wildman–Crippen LogP) is 1.70. The molecule has 0 saturated heterocycles. The lowest BCUT2D eigenvalue weighted by atomic mass is 10.2. The molecule has 0 aliphatic carbocycles. The molecular weight excluding hydrogens is 258 g/mol. The fourth-order valence-electron chi connectivity index (χ4n) is 1.74. The number of aromatic nitrogens is 2. The summed E-state index contributed by atoms with van der Waals surface area (Å²) in [5.41, 5.74) is 6.42. The van der Waals surface area contributed by atoms with Gasteiger partial charge >= 0.3 is 0 Å². The lowest BCUT2D eigenvalue weighted by Crippen LogP contribution is -2.22. The molecule has 2 aromatic rings. The van der Waals surface area contributed by atoms with Gasteiger partial charge < -0.3 is 20.2 Å². The van der Waals surface area contributed by atoms with Crippen molar-refractivity contribution in [2.75, 3.05) is 18.9 Å². The van der Waals surface area contributed by atoms with Gasteiger partial charge in [0.25, 0.3) is 5.56 Å². The Morgan fingerprint density at radius 1 is 1.30 bits per heavy atom. The van der Waals surface area contributed by atoms with Crippen molar-refractivity contribution in [1.29, 1.82) is 0 Å². The monoisotopic (exact) mass is 277 g/mol. The maximum Gasteiger partial charge on any atom is 0.258 e. The summed E-state index contributed by atoms with van der Waals surface area (Å²) < 4.78 is 11.1. The van der Waals surface area contributed by atoms with Gasteiger partial charge in [-0.2, -0.15) is 0 Å². The van der Waals surface area contributed by atoms with E-state index in [0.717, 1.165) is 0 Å². The minimum Gasteiger partial charge on any atom is -0.489 e. The second kappa shape index (κ2) is 5.50. The Bertz CT molecular complexity index is 659. The number of H-pyrrole nitrogens is 1. The maximum atomic E-state index is 11.6. The van der Waals surface area contributed by atoms with Crippen LogP contribution in [-0.2, 0) is 4.74 Å². The van der Waals surface area contributed by atoms with E-state index in [1.54, 1.807) is 12.1 Å². The average Bonchev–Trinajstić information content (AvgIpc) is 2.35. The molecule has 0 amide bonds. The summed E-state index contributed by atoms with van der Waals surface area (Å²) in [7, 11) is 0. The van der Waals surface area contributed by atoms with E-state index in [4.69, 9.17) is 15.2 Å². The molecule has 1 aromatic carbocycles. The Labute approximate surface area is 116 Å². The standard InChI is InChI=1S/C14H19N3O3/c1-14(2,3)20-5-4-19-12-7-11-9(6-10(12)15)13(18)17-8-16-11/h6-8H,4-5,15H2,1-3H3,(H,16,17,18). The second-order valence-electron chi connectivity index (χ2n) is 5.45. The molecule has 20 heavy (non-hydrogen) atoms. The molecule has 108 valence electrons. The summed E-state index contributed by atoms with van der Waals surface area (Å²) in [4.78, 5) is 18.2. The molecule has 3 N–H and O–H groups in total. The maximum absolute atomic E-state index is 11.6. The number of nitrogens with one attached hydrogen (secondary N) is 1. The first-order valence-electron chi connectivity index (χ1n) is 6.40. The van der Waals surface area contributed by atoms with Crippen LogP contribution in [0.1, 0.15) is 20.8 Å². The highest BCUT2D eigenvalue weighted by Crippen LogP contribution is 2.25. The first kappa shape index (κ1) is 14.3. The van der Waals surface area contributed by atoms with Crippen LogP contribution in [0, 0.1) is 0 Å². The van der Waals surface area contributed by atoms with Gasteiger partial charge in [-0.25, -0.2) is 4.98 Å². The number of nitrogens with two attached hydrogens (primary N) is 1. The minimum absolute atomic E-state index is 0.201. The smallest absolute Gasteiger partial charge is 0.258 e. The fraction of sp³-hybridized carbons (Fsp3) is 0.429. The molecule has 6 heteroatoms. The molecule has 0 aliphatic rings. The molecule has 0 aliphatic heterocycles. The normalized spacial score (nSPS) is 11.8. The molecule has 0 atom stereocenters. The first-order valence-corrected chi connectivity index (χ1v) is 6.40. The predicted molar refractivity (Wildman–Crippen MR) is 78.0 cm³/mol. The lowest BCUT2D eigenvalue weighted by molar-refractivity contribution is -0.0161. The van der Waals surface area contributed by atoms with Crippen molar-refractivity contribution >= 4 is 16.6 Å². The SMILES string of the molecule is CC(C)(C)OCCOc1cc2nc[nH]c(=O)c2cc1N. The van der Waals surface area contributed by atoms with E-state index in [-0.39, 0.29) is 11.2 Å². The number of nitrogen functional groups attached to an aromatic ring is 1. The zero-order valence-corrected chi connectivity index (χ0v) is 11.9. The highest BCUT2D eigenvalue weighted by atomic mass is 16.5. The van der Waals surface area contributed by atoms with Crippen molar-refractivity contribution in [2.45, 2.75) is 26.4 Å². The second-order valence-corrected chi connectivity index (χ2v) is 5.45. The molecule has 0 unspecified atom stereocenters. The Morgan fingerprint density at radius 2 is 2.05 bits per heavy atom. The van der Waals surface area contributed by atoms with Crippen LogP contribution < -0.4 is 16.0 Å². The number of nitrogens with zero attached hydrogens (tertiary/aromatic N) is 1. The molecule has 0 spiro atoms. The van der Waals surface area contributed by atoms with Gasteiger partial charge in [-0.1, -0.05) is 0 Å². The largest absolute Gasteiger partial charge is 0.489 e. The summed E-state index contributed by atoms with van der Waals surface area (Å²) in [6.07, 6.45) is 1.35. The quantitative estimate of drug-likeness (QED) is 0.655. The Kier molecular flexibility index (Phi) is 3.94. The van der Waals surface area contributed by atoms with Crippen LogP contribution in [-0.4, -0.2) is 28.8 Å². The van der Waals surface area contributed by atoms with Crippen LogP contribution in [0.15, 0.2) is 23.3 Å². The molecular formula is C14H19N3O3. The molecule has 0 saturated carbocycles. The number of rotatable bonds is 4. The fourth-order valence-corrected chi connectivity index (χ4v) is 1.74. The summed E-state index contributed by atoms with van der Waals surface area (Å²) in [6, 6.07) is 3.23. The van der Waals surface area contributed by atoms with Crippen molar-refractivity contribution in [3.8, 4) is 5.75 Å². The van der Waals surface area contributed by atoms with Crippen LogP contribution in [0.3, 0.4) is 0 Å². The van der Waals surface area contributed by atoms with Crippen LogP contribution in [0.4, 0.5) is 5.69 Å². The van der Waals surface area contributed by atoms with Crippen molar-refractivity contribution in [3.05, 3.63) is 28.8 Å². The van der Waals surface area contributed by atoms with Crippen molar-refractivity contribution in [3.63, 3.8) is 0 Å². The molecule has 6 nitrogen and oxygen atoms in total. The van der Waals surface area contributed by atoms with Gasteiger partial charge in [-0.05, 0) is 26.8 Å². The van der Waals surface area contributed by atoms with Crippen molar-refractivity contribution in [1.82, 2.24) is 9.97 Å². The van der Waals surface area contributed by atoms with Gasteiger partial charge in [-0.3, -0.25) is 4.79 Å². The van der Waals surface area contributed by atoms with Gasteiger partial charge in [0.2, 0.25) is 0 Å². The van der Waals surface area contributed by atoms with Crippen LogP contribution in [0.25, 0.3) is 10.9 Å². The highest BCUT2D eigenvalue weighted by Gasteiger charge is 2.10. The zero-order chi connectivity index (χ0) is 14.8. The van der Waals surface area contributed by atoms with E-state index in [1.165, 1.54) is 6.33 Å². The van der Waals surface area contributed by atoms with E-state index in [1.807, 2.05) is 20.8 Å². The summed E-state index contributed by atoms with van der Waals surface area (Å²) in [5, 5.41) is 0.447. The number of benzene rings is 1. The van der Waals surface area contributed by atoms with E-state index in [0.29, 0.717) is 35.6 Å². The van der Waals surface area contributed by atoms with E-state index in [2.05, 4.69) is 9.97 Å². The number of aromatic amines is 1. The first-order chi connectivity index (χ1) is 9.37. The van der Waals surface area contributed by atoms with Crippen molar-refractivity contribution < 1.29 is 9.47 Å². The molecule has 0 fully saturated rings. The molecule has 2 rings (SSSR count). The van der Waals surface area contributed by atoms with Crippen molar-refractivity contribution in [2.24, 2.45) is 0 Å². The van der Waals surface area contributed by atoms with Gasteiger partial charge in [0, 0.05) is 6.07 Å². The topological polar surface area (TPSA) is 90.2 Å². The number of ether oxygens (including phenoxy) is 2. The minimum atomic E-state index is -0.218. The van der Waals surface area contributed by atoms with E-state index in [9.17, 15) is 4.79 Å². The van der Waals surface area contributed by atoms with Gasteiger partial charge in [0.15, 0.2) is 0 Å². The Balaban J connectivity index is 2.11.